The SMILES string of the molecule is Cc1cnnc(Oc2ccc(N)cc2)c1. The molecule has 15 heavy (non-hydrogen) atoms. The number of nitrogen functional groups attached to an aromatic ring is 1. The second-order valence-corrected chi connectivity index (χ2v) is 3.24. The Morgan fingerprint density at radius 3 is 2.60 bits per heavy atom. The topological polar surface area (TPSA) is 61.0 Å². The van der Waals surface area contributed by atoms with Crippen LogP contribution in [0.3, 0.4) is 0 Å². The maximum atomic E-state index is 5.56. The van der Waals surface area contributed by atoms with E-state index in [4.69, 9.17) is 10.5 Å². The Morgan fingerprint density at radius 2 is 1.93 bits per heavy atom. The number of nitrogens with two attached hydrogens (primary N) is 1. The minimum absolute atomic E-state index is 0.486. The van der Waals surface area contributed by atoms with Gasteiger partial charge in [-0.15, -0.1) is 5.10 Å². The Kier molecular flexibility index (Phi) is 2.49. The molecule has 0 spiro atoms. The lowest BCUT2D eigenvalue weighted by Gasteiger charge is -2.04. The maximum Gasteiger partial charge on any atom is 0.239 e. The summed E-state index contributed by atoms with van der Waals surface area (Å²) in [4.78, 5) is 0. The van der Waals surface area contributed by atoms with Gasteiger partial charge < -0.3 is 10.5 Å². The van der Waals surface area contributed by atoms with Crippen molar-refractivity contribution >= 4 is 5.69 Å². The molecule has 2 aromatic rings. The van der Waals surface area contributed by atoms with Gasteiger partial charge in [-0.05, 0) is 36.8 Å². The summed E-state index contributed by atoms with van der Waals surface area (Å²) in [6.45, 7) is 1.94. The molecule has 1 aromatic heterocycles. The fraction of sp³-hybridized carbons (Fsp3) is 0.0909. The summed E-state index contributed by atoms with van der Waals surface area (Å²) in [5.41, 5.74) is 7.28. The smallest absolute Gasteiger partial charge is 0.239 e. The van der Waals surface area contributed by atoms with Crippen LogP contribution in [-0.2, 0) is 0 Å². The van der Waals surface area contributed by atoms with Crippen molar-refractivity contribution in [2.24, 2.45) is 0 Å². The summed E-state index contributed by atoms with van der Waals surface area (Å²) in [6.07, 6.45) is 1.68. The summed E-state index contributed by atoms with van der Waals surface area (Å²) in [7, 11) is 0. The second-order valence-electron chi connectivity index (χ2n) is 3.24. The average molecular weight is 201 g/mol. The van der Waals surface area contributed by atoms with Gasteiger partial charge in [-0.3, -0.25) is 0 Å². The fourth-order valence-electron chi connectivity index (χ4n) is 1.14. The van der Waals surface area contributed by atoms with Gasteiger partial charge in [0.1, 0.15) is 5.75 Å². The summed E-state index contributed by atoms with van der Waals surface area (Å²) in [5.74, 6) is 1.18. The number of hydrogen-bond donors (Lipinski definition) is 1. The molecule has 0 saturated heterocycles. The molecule has 0 aliphatic rings. The van der Waals surface area contributed by atoms with Crippen molar-refractivity contribution in [1.29, 1.82) is 0 Å². The molecule has 2 N–H and O–H groups in total. The molecule has 1 aromatic carbocycles. The molecule has 0 aliphatic carbocycles. The lowest BCUT2D eigenvalue weighted by molar-refractivity contribution is 0.454. The number of hydrogen-bond acceptors (Lipinski definition) is 4. The molecule has 0 amide bonds. The van der Waals surface area contributed by atoms with E-state index < -0.39 is 0 Å². The third kappa shape index (κ3) is 2.43. The maximum absolute atomic E-state index is 5.56. The van der Waals surface area contributed by atoms with Gasteiger partial charge in [0.15, 0.2) is 0 Å². The van der Waals surface area contributed by atoms with Gasteiger partial charge in [0.05, 0.1) is 6.20 Å². The van der Waals surface area contributed by atoms with Crippen LogP contribution < -0.4 is 10.5 Å². The Labute approximate surface area is 87.7 Å². The summed E-state index contributed by atoms with van der Waals surface area (Å²) in [5, 5.41) is 7.65. The van der Waals surface area contributed by atoms with E-state index in [0.29, 0.717) is 17.3 Å². The van der Waals surface area contributed by atoms with Crippen molar-refractivity contribution < 1.29 is 4.74 Å². The lowest BCUT2D eigenvalue weighted by atomic mass is 10.3. The molecular formula is C11H11N3O. The minimum Gasteiger partial charge on any atom is -0.438 e. The first-order valence-corrected chi connectivity index (χ1v) is 4.57. The van der Waals surface area contributed by atoms with Crippen LogP contribution in [0.4, 0.5) is 5.69 Å². The predicted octanol–water partition coefficient (Wildman–Crippen LogP) is 2.16. The van der Waals surface area contributed by atoms with Gasteiger partial charge >= 0.3 is 0 Å². The lowest BCUT2D eigenvalue weighted by Crippen LogP contribution is -1.91. The van der Waals surface area contributed by atoms with Crippen LogP contribution in [0, 0.1) is 6.92 Å². The van der Waals surface area contributed by atoms with Crippen LogP contribution in [0.25, 0.3) is 0 Å². The summed E-state index contributed by atoms with van der Waals surface area (Å²) >= 11 is 0. The predicted molar refractivity (Wildman–Crippen MR) is 57.7 cm³/mol. The van der Waals surface area contributed by atoms with Crippen LogP contribution in [0.2, 0.25) is 0 Å². The van der Waals surface area contributed by atoms with E-state index in [0.717, 1.165) is 5.56 Å². The molecule has 0 fully saturated rings. The third-order valence-electron chi connectivity index (χ3n) is 1.87. The molecule has 0 bridgehead atoms. The molecule has 0 aliphatic heterocycles. The molecule has 1 heterocycles. The van der Waals surface area contributed by atoms with Crippen LogP contribution in [0.1, 0.15) is 5.56 Å². The zero-order valence-electron chi connectivity index (χ0n) is 8.34. The molecule has 0 unspecified atom stereocenters. The quantitative estimate of drug-likeness (QED) is 0.756. The summed E-state index contributed by atoms with van der Waals surface area (Å²) in [6, 6.07) is 8.96. The van der Waals surface area contributed by atoms with Gasteiger partial charge in [0.25, 0.3) is 0 Å². The van der Waals surface area contributed by atoms with E-state index in [9.17, 15) is 0 Å². The Balaban J connectivity index is 2.18. The normalized spacial score (nSPS) is 9.93. The van der Waals surface area contributed by atoms with Gasteiger partial charge in [0, 0.05) is 11.8 Å². The zero-order valence-corrected chi connectivity index (χ0v) is 8.34. The van der Waals surface area contributed by atoms with Crippen LogP contribution >= 0.6 is 0 Å². The number of aromatic nitrogens is 2. The number of aryl methyl sites for hydroxylation is 1. The number of benzene rings is 1. The highest BCUT2D eigenvalue weighted by atomic mass is 16.5. The van der Waals surface area contributed by atoms with Crippen LogP contribution in [0.15, 0.2) is 36.5 Å². The molecule has 0 radical (unpaired) electrons. The van der Waals surface area contributed by atoms with E-state index in [1.54, 1.807) is 30.5 Å². The molecule has 4 nitrogen and oxygen atoms in total. The first-order chi connectivity index (χ1) is 7.24. The third-order valence-corrected chi connectivity index (χ3v) is 1.87. The largest absolute Gasteiger partial charge is 0.438 e. The van der Waals surface area contributed by atoms with Crippen molar-refractivity contribution in [2.75, 3.05) is 5.73 Å². The highest BCUT2D eigenvalue weighted by molar-refractivity contribution is 5.42. The monoisotopic (exact) mass is 201 g/mol. The van der Waals surface area contributed by atoms with Crippen molar-refractivity contribution in [3.63, 3.8) is 0 Å². The highest BCUT2D eigenvalue weighted by Gasteiger charge is 1.98. The molecule has 0 atom stereocenters. The zero-order chi connectivity index (χ0) is 10.7. The average Bonchev–Trinajstić information content (AvgIpc) is 2.22. The first kappa shape index (κ1) is 9.45. The fourth-order valence-corrected chi connectivity index (χ4v) is 1.14. The standard InChI is InChI=1S/C11H11N3O/c1-8-6-11(14-13-7-8)15-10-4-2-9(12)3-5-10/h2-7H,12H2,1H3. The number of anilines is 1. The first-order valence-electron chi connectivity index (χ1n) is 4.57. The number of rotatable bonds is 2. The number of ether oxygens (including phenoxy) is 1. The minimum atomic E-state index is 0.486. The van der Waals surface area contributed by atoms with E-state index in [2.05, 4.69) is 10.2 Å². The number of nitrogens with zero attached hydrogens (tertiary/aromatic N) is 2. The van der Waals surface area contributed by atoms with E-state index in [-0.39, 0.29) is 0 Å². The van der Waals surface area contributed by atoms with Crippen molar-refractivity contribution in [3.05, 3.63) is 42.1 Å². The van der Waals surface area contributed by atoms with Crippen molar-refractivity contribution in [3.8, 4) is 11.6 Å². The van der Waals surface area contributed by atoms with Gasteiger partial charge in [-0.25, -0.2) is 0 Å². The Bertz CT molecular complexity index is 454. The van der Waals surface area contributed by atoms with Gasteiger partial charge in [-0.1, -0.05) is 0 Å². The van der Waals surface area contributed by atoms with E-state index >= 15 is 0 Å². The van der Waals surface area contributed by atoms with Gasteiger partial charge in [0.2, 0.25) is 5.88 Å². The molecule has 4 heteroatoms. The Morgan fingerprint density at radius 1 is 1.20 bits per heavy atom. The van der Waals surface area contributed by atoms with Crippen LogP contribution in [0.5, 0.6) is 11.6 Å². The Hall–Kier alpha value is -2.10. The highest BCUT2D eigenvalue weighted by Crippen LogP contribution is 2.20. The van der Waals surface area contributed by atoms with Crippen molar-refractivity contribution in [1.82, 2.24) is 10.2 Å². The van der Waals surface area contributed by atoms with E-state index in [1.165, 1.54) is 0 Å². The van der Waals surface area contributed by atoms with Crippen molar-refractivity contribution in [2.45, 2.75) is 6.92 Å². The second kappa shape index (κ2) is 3.96. The van der Waals surface area contributed by atoms with Gasteiger partial charge in [-0.2, -0.15) is 5.10 Å². The summed E-state index contributed by atoms with van der Waals surface area (Å²) < 4.78 is 5.48. The van der Waals surface area contributed by atoms with Crippen LogP contribution in [-0.4, -0.2) is 10.2 Å². The molecule has 2 rings (SSSR count). The molecule has 76 valence electrons. The molecule has 0 saturated carbocycles. The van der Waals surface area contributed by atoms with E-state index in [1.807, 2.05) is 13.0 Å². The molecular weight excluding hydrogens is 190 g/mol.